The zero-order valence-corrected chi connectivity index (χ0v) is 13.1. The zero-order chi connectivity index (χ0) is 16.0. The minimum Gasteiger partial charge on any atom is -0.392 e. The zero-order valence-electron chi connectivity index (χ0n) is 13.1. The van der Waals surface area contributed by atoms with Crippen LogP contribution >= 0.6 is 0 Å². The number of aromatic amines is 2. The van der Waals surface area contributed by atoms with E-state index in [-0.39, 0.29) is 6.61 Å². The van der Waals surface area contributed by atoms with Crippen molar-refractivity contribution in [3.63, 3.8) is 0 Å². The molecule has 0 aliphatic heterocycles. The smallest absolute Gasteiger partial charge is 0.161 e. The predicted octanol–water partition coefficient (Wildman–Crippen LogP) is 3.47. The molecule has 5 nitrogen and oxygen atoms in total. The van der Waals surface area contributed by atoms with Gasteiger partial charge in [0.05, 0.1) is 17.8 Å². The molecule has 5 heteroatoms. The number of hydrogen-bond donors (Lipinski definition) is 3. The van der Waals surface area contributed by atoms with Crippen LogP contribution in [0.4, 0.5) is 0 Å². The summed E-state index contributed by atoms with van der Waals surface area (Å²) in [7, 11) is 0. The van der Waals surface area contributed by atoms with E-state index < -0.39 is 0 Å². The third-order valence-corrected chi connectivity index (χ3v) is 4.43. The molecule has 3 heterocycles. The highest BCUT2D eigenvalue weighted by Crippen LogP contribution is 2.32. The summed E-state index contributed by atoms with van der Waals surface area (Å²) in [4.78, 5) is 9.11. The summed E-state index contributed by atoms with van der Waals surface area (Å²) in [6, 6.07) is 7.87. The van der Waals surface area contributed by atoms with Crippen LogP contribution in [-0.2, 0) is 13.0 Å². The van der Waals surface area contributed by atoms with E-state index in [1.807, 2.05) is 37.4 Å². The van der Waals surface area contributed by atoms with Crippen molar-refractivity contribution in [2.75, 3.05) is 0 Å². The highest BCUT2D eigenvalue weighted by molar-refractivity contribution is 6.08. The summed E-state index contributed by atoms with van der Waals surface area (Å²) in [6.07, 6.45) is 2.80. The Morgan fingerprint density at radius 2 is 1.91 bits per heavy atom. The summed E-state index contributed by atoms with van der Waals surface area (Å²) >= 11 is 0. The van der Waals surface area contributed by atoms with Crippen molar-refractivity contribution in [2.24, 2.45) is 0 Å². The van der Waals surface area contributed by atoms with Gasteiger partial charge >= 0.3 is 0 Å². The molecule has 4 rings (SSSR count). The van der Waals surface area contributed by atoms with Gasteiger partial charge in [-0.25, -0.2) is 9.97 Å². The van der Waals surface area contributed by atoms with Crippen molar-refractivity contribution in [1.82, 2.24) is 20.2 Å². The number of aryl methyl sites for hydroxylation is 2. The summed E-state index contributed by atoms with van der Waals surface area (Å²) in [6.45, 7) is 4.23. The number of fused-ring (bicyclic) bond motifs is 3. The quantitative estimate of drug-likeness (QED) is 0.542. The first-order chi connectivity index (χ1) is 11.2. The molecule has 0 unspecified atom stereocenters. The number of pyridine rings is 1. The van der Waals surface area contributed by atoms with Crippen LogP contribution in [0.15, 0.2) is 30.5 Å². The van der Waals surface area contributed by atoms with Crippen LogP contribution in [0.25, 0.3) is 33.2 Å². The van der Waals surface area contributed by atoms with Gasteiger partial charge in [0, 0.05) is 28.2 Å². The molecule has 0 bridgehead atoms. The molecular weight excluding hydrogens is 288 g/mol. The Morgan fingerprint density at radius 1 is 1.13 bits per heavy atom. The fourth-order valence-electron chi connectivity index (χ4n) is 3.23. The second-order valence-corrected chi connectivity index (χ2v) is 5.75. The van der Waals surface area contributed by atoms with Gasteiger partial charge in [-0.3, -0.25) is 10.2 Å². The molecule has 0 saturated heterocycles. The van der Waals surface area contributed by atoms with E-state index in [4.69, 9.17) is 0 Å². The van der Waals surface area contributed by atoms with E-state index >= 15 is 0 Å². The molecule has 23 heavy (non-hydrogen) atoms. The average Bonchev–Trinajstić information content (AvgIpc) is 3.14. The number of benzene rings is 1. The number of rotatable bonds is 3. The maximum absolute atomic E-state index is 9.18. The molecule has 3 aromatic heterocycles. The van der Waals surface area contributed by atoms with Gasteiger partial charge in [-0.05, 0) is 24.5 Å². The molecule has 0 spiro atoms. The molecular formula is C18H18N4O. The van der Waals surface area contributed by atoms with E-state index in [9.17, 15) is 5.11 Å². The van der Waals surface area contributed by atoms with Crippen LogP contribution in [-0.4, -0.2) is 25.3 Å². The van der Waals surface area contributed by atoms with Crippen LogP contribution in [0.5, 0.6) is 0 Å². The topological polar surface area (TPSA) is 77.6 Å². The molecule has 0 saturated carbocycles. The van der Waals surface area contributed by atoms with Crippen LogP contribution in [0, 0.1) is 6.92 Å². The lowest BCUT2D eigenvalue weighted by Crippen LogP contribution is -1.84. The number of H-pyrrole nitrogens is 2. The molecule has 3 N–H and O–H groups in total. The fraction of sp³-hybridized carbons (Fsp3) is 0.222. The van der Waals surface area contributed by atoms with E-state index in [2.05, 4.69) is 27.1 Å². The lowest BCUT2D eigenvalue weighted by Gasteiger charge is -2.01. The SMILES string of the molecule is CCc1c(C)nc2ncc3c(-c4ccc(CO)cc4)[nH][nH]c3c12. The fourth-order valence-corrected chi connectivity index (χ4v) is 3.23. The third kappa shape index (κ3) is 2.04. The first-order valence-corrected chi connectivity index (χ1v) is 7.77. The molecule has 0 aliphatic carbocycles. The van der Waals surface area contributed by atoms with Gasteiger partial charge in [-0.2, -0.15) is 0 Å². The highest BCUT2D eigenvalue weighted by Gasteiger charge is 2.16. The van der Waals surface area contributed by atoms with Crippen molar-refractivity contribution < 1.29 is 5.11 Å². The van der Waals surface area contributed by atoms with E-state index in [1.165, 1.54) is 5.56 Å². The Bertz CT molecular complexity index is 995. The number of aliphatic hydroxyl groups excluding tert-OH is 1. The van der Waals surface area contributed by atoms with Gasteiger partial charge in [0.25, 0.3) is 0 Å². The maximum Gasteiger partial charge on any atom is 0.161 e. The van der Waals surface area contributed by atoms with Crippen LogP contribution in [0.2, 0.25) is 0 Å². The highest BCUT2D eigenvalue weighted by atomic mass is 16.3. The molecule has 0 fully saturated rings. The van der Waals surface area contributed by atoms with Crippen LogP contribution in [0.3, 0.4) is 0 Å². The lowest BCUT2D eigenvalue weighted by atomic mass is 10.0. The Balaban J connectivity index is 1.97. The number of aromatic nitrogens is 4. The minimum absolute atomic E-state index is 0.0539. The van der Waals surface area contributed by atoms with Gasteiger partial charge < -0.3 is 5.11 Å². The first kappa shape index (κ1) is 14.0. The second kappa shape index (κ2) is 5.21. The Hall–Kier alpha value is -2.66. The van der Waals surface area contributed by atoms with Crippen molar-refractivity contribution >= 4 is 21.9 Å². The Kier molecular flexibility index (Phi) is 3.16. The Labute approximate surface area is 133 Å². The normalized spacial score (nSPS) is 11.6. The van der Waals surface area contributed by atoms with Crippen LogP contribution in [0.1, 0.15) is 23.7 Å². The van der Waals surface area contributed by atoms with E-state index in [0.29, 0.717) is 0 Å². The first-order valence-electron chi connectivity index (χ1n) is 7.77. The molecule has 116 valence electrons. The second-order valence-electron chi connectivity index (χ2n) is 5.75. The number of hydrogen-bond acceptors (Lipinski definition) is 3. The van der Waals surface area contributed by atoms with Crippen molar-refractivity contribution in [2.45, 2.75) is 26.9 Å². The van der Waals surface area contributed by atoms with Gasteiger partial charge in [-0.1, -0.05) is 31.2 Å². The van der Waals surface area contributed by atoms with Crippen LogP contribution < -0.4 is 0 Å². The summed E-state index contributed by atoms with van der Waals surface area (Å²) < 4.78 is 0. The van der Waals surface area contributed by atoms with Gasteiger partial charge in [0.2, 0.25) is 0 Å². The molecule has 0 radical (unpaired) electrons. The van der Waals surface area contributed by atoms with E-state index in [0.717, 1.165) is 50.9 Å². The van der Waals surface area contributed by atoms with Crippen molar-refractivity contribution in [3.05, 3.63) is 47.3 Å². The Morgan fingerprint density at radius 3 is 2.61 bits per heavy atom. The lowest BCUT2D eigenvalue weighted by molar-refractivity contribution is 0.282. The van der Waals surface area contributed by atoms with Gasteiger partial charge in [0.1, 0.15) is 0 Å². The van der Waals surface area contributed by atoms with Crippen molar-refractivity contribution in [1.29, 1.82) is 0 Å². The van der Waals surface area contributed by atoms with Gasteiger partial charge in [0.15, 0.2) is 5.65 Å². The molecule has 4 aromatic rings. The average molecular weight is 306 g/mol. The van der Waals surface area contributed by atoms with Crippen molar-refractivity contribution in [3.8, 4) is 11.3 Å². The maximum atomic E-state index is 9.18. The summed E-state index contributed by atoms with van der Waals surface area (Å²) in [5.74, 6) is 0. The predicted molar refractivity (Wildman–Crippen MR) is 91.2 cm³/mol. The third-order valence-electron chi connectivity index (χ3n) is 4.43. The molecule has 0 amide bonds. The largest absolute Gasteiger partial charge is 0.392 e. The molecule has 1 aromatic carbocycles. The summed E-state index contributed by atoms with van der Waals surface area (Å²) in [5.41, 5.74) is 7.10. The number of nitrogens with one attached hydrogen (secondary N) is 2. The summed E-state index contributed by atoms with van der Waals surface area (Å²) in [5, 5.41) is 17.9. The minimum atomic E-state index is 0.0539. The molecule has 0 aliphatic rings. The standard InChI is InChI=1S/C18H18N4O/c1-3-13-10(2)20-18-15(13)17-14(8-19-18)16(21-22-17)12-6-4-11(9-23)5-7-12/h4-8,21-23H,3,9H2,1-2H3. The molecule has 0 atom stereocenters. The number of aliphatic hydroxyl groups is 1. The number of nitrogens with zero attached hydrogens (tertiary/aromatic N) is 2. The van der Waals surface area contributed by atoms with Gasteiger partial charge in [-0.15, -0.1) is 0 Å². The van der Waals surface area contributed by atoms with E-state index in [1.54, 1.807) is 0 Å². The monoisotopic (exact) mass is 306 g/mol.